The van der Waals surface area contributed by atoms with Crippen LogP contribution in [0.4, 0.5) is 18.9 Å². The highest BCUT2D eigenvalue weighted by atomic mass is 19.4. The molecule has 6 heteroatoms. The molecule has 0 aromatic heterocycles. The van der Waals surface area contributed by atoms with Gasteiger partial charge in [-0.15, -0.1) is 0 Å². The van der Waals surface area contributed by atoms with Crippen molar-refractivity contribution in [3.8, 4) is 0 Å². The highest BCUT2D eigenvalue weighted by Gasteiger charge is 2.35. The molecular weight excluding hydrogens is 279 g/mol. The van der Waals surface area contributed by atoms with Crippen molar-refractivity contribution in [2.75, 3.05) is 11.4 Å². The third kappa shape index (κ3) is 2.02. The van der Waals surface area contributed by atoms with Crippen LogP contribution >= 0.6 is 0 Å². The Kier molecular flexibility index (Phi) is 2.86. The maximum atomic E-state index is 13.1. The molecule has 1 unspecified atom stereocenters. The number of guanidine groups is 1. The Balaban J connectivity index is 2.32. The molecule has 0 radical (unpaired) electrons. The van der Waals surface area contributed by atoms with Crippen LogP contribution in [0.3, 0.4) is 0 Å². The Bertz CT molecular complexity index is 737. The molecule has 2 aromatic rings. The van der Waals surface area contributed by atoms with Gasteiger partial charge in [0.1, 0.15) is 0 Å². The molecule has 1 aliphatic rings. The molecule has 1 atom stereocenters. The lowest BCUT2D eigenvalue weighted by Crippen LogP contribution is -2.35. The van der Waals surface area contributed by atoms with Gasteiger partial charge in [0, 0.05) is 18.2 Å². The molecule has 2 aromatic carbocycles. The van der Waals surface area contributed by atoms with Gasteiger partial charge in [-0.1, -0.05) is 25.1 Å². The Morgan fingerprint density at radius 3 is 2.57 bits per heavy atom. The molecule has 3 N–H and O–H groups in total. The Morgan fingerprint density at radius 2 is 1.95 bits per heavy atom. The highest BCUT2D eigenvalue weighted by Crippen LogP contribution is 2.43. The zero-order chi connectivity index (χ0) is 15.4. The maximum absolute atomic E-state index is 13.1. The summed E-state index contributed by atoms with van der Waals surface area (Å²) in [6, 6.07) is 7.30. The van der Waals surface area contributed by atoms with Crippen molar-refractivity contribution in [3.63, 3.8) is 0 Å². The van der Waals surface area contributed by atoms with Crippen LogP contribution in [0.1, 0.15) is 24.0 Å². The summed E-state index contributed by atoms with van der Waals surface area (Å²) in [5.41, 5.74) is 6.47. The summed E-state index contributed by atoms with van der Waals surface area (Å²) in [6.45, 7) is 2.45. The molecule has 21 heavy (non-hydrogen) atoms. The zero-order valence-electron chi connectivity index (χ0n) is 11.3. The van der Waals surface area contributed by atoms with Crippen molar-refractivity contribution in [1.29, 1.82) is 5.41 Å². The van der Waals surface area contributed by atoms with Gasteiger partial charge < -0.3 is 10.6 Å². The summed E-state index contributed by atoms with van der Waals surface area (Å²) in [7, 11) is 0. The lowest BCUT2D eigenvalue weighted by atomic mass is 9.94. The van der Waals surface area contributed by atoms with Crippen LogP contribution in [0.25, 0.3) is 10.8 Å². The number of nitrogens with one attached hydrogen (secondary N) is 1. The van der Waals surface area contributed by atoms with Crippen molar-refractivity contribution >= 4 is 22.4 Å². The second kappa shape index (κ2) is 4.38. The lowest BCUT2D eigenvalue weighted by Gasteiger charge is -2.17. The standard InChI is InChI=1S/C15H14F3N3/c1-8-7-21(14(19)20)12-6-5-9-10(13(8)12)3-2-4-11(9)15(16,17)18/h2-6,8H,7H2,1H3,(H3,19,20). The minimum Gasteiger partial charge on any atom is -0.370 e. The molecule has 0 spiro atoms. The first-order valence-electron chi connectivity index (χ1n) is 6.55. The summed E-state index contributed by atoms with van der Waals surface area (Å²) < 4.78 is 39.3. The molecule has 0 bridgehead atoms. The predicted molar refractivity (Wildman–Crippen MR) is 76.6 cm³/mol. The van der Waals surface area contributed by atoms with E-state index >= 15 is 0 Å². The first-order valence-corrected chi connectivity index (χ1v) is 6.55. The van der Waals surface area contributed by atoms with E-state index in [1.165, 1.54) is 12.1 Å². The monoisotopic (exact) mass is 293 g/mol. The summed E-state index contributed by atoms with van der Waals surface area (Å²) in [5, 5.41) is 8.36. The lowest BCUT2D eigenvalue weighted by molar-refractivity contribution is -0.136. The van der Waals surface area contributed by atoms with E-state index in [1.54, 1.807) is 17.0 Å². The van der Waals surface area contributed by atoms with Crippen LogP contribution in [0.15, 0.2) is 30.3 Å². The number of hydrogen-bond acceptors (Lipinski definition) is 1. The molecule has 0 aliphatic carbocycles. The molecule has 3 nitrogen and oxygen atoms in total. The van der Waals surface area contributed by atoms with E-state index < -0.39 is 11.7 Å². The minimum atomic E-state index is -4.38. The number of hydrogen-bond donors (Lipinski definition) is 2. The van der Waals surface area contributed by atoms with Crippen molar-refractivity contribution < 1.29 is 13.2 Å². The van der Waals surface area contributed by atoms with E-state index in [9.17, 15) is 13.2 Å². The number of nitrogens with two attached hydrogens (primary N) is 1. The predicted octanol–water partition coefficient (Wildman–Crippen LogP) is 3.68. The van der Waals surface area contributed by atoms with Gasteiger partial charge in [0.05, 0.1) is 5.56 Å². The zero-order valence-corrected chi connectivity index (χ0v) is 11.3. The molecule has 1 aliphatic heterocycles. The SMILES string of the molecule is CC1CN(C(=N)N)c2ccc3c(C(F)(F)F)cccc3c21. The van der Waals surface area contributed by atoms with Gasteiger partial charge in [-0.05, 0) is 28.5 Å². The minimum absolute atomic E-state index is 0.0242. The first kappa shape index (κ1) is 13.7. The van der Waals surface area contributed by atoms with Crippen molar-refractivity contribution in [1.82, 2.24) is 0 Å². The van der Waals surface area contributed by atoms with Crippen LogP contribution < -0.4 is 10.6 Å². The summed E-state index contributed by atoms with van der Waals surface area (Å²) in [4.78, 5) is 1.62. The maximum Gasteiger partial charge on any atom is 0.417 e. The Hall–Kier alpha value is -2.24. The molecule has 0 amide bonds. The fourth-order valence-corrected chi connectivity index (χ4v) is 3.06. The normalized spacial score (nSPS) is 18.1. The van der Waals surface area contributed by atoms with Crippen LogP contribution in [0.5, 0.6) is 0 Å². The van der Waals surface area contributed by atoms with Crippen molar-refractivity contribution in [3.05, 3.63) is 41.5 Å². The van der Waals surface area contributed by atoms with E-state index in [1.807, 2.05) is 6.92 Å². The molecular formula is C15H14F3N3. The van der Waals surface area contributed by atoms with Crippen LogP contribution in [-0.2, 0) is 6.18 Å². The number of halogens is 3. The number of nitrogens with zero attached hydrogens (tertiary/aromatic N) is 1. The van der Waals surface area contributed by atoms with Gasteiger partial charge in [0.2, 0.25) is 0 Å². The third-order valence-electron chi connectivity index (χ3n) is 3.92. The average molecular weight is 293 g/mol. The topological polar surface area (TPSA) is 53.1 Å². The fraction of sp³-hybridized carbons (Fsp3) is 0.267. The number of fused-ring (bicyclic) bond motifs is 3. The second-order valence-corrected chi connectivity index (χ2v) is 5.29. The van der Waals surface area contributed by atoms with E-state index in [0.29, 0.717) is 11.9 Å². The smallest absolute Gasteiger partial charge is 0.370 e. The number of rotatable bonds is 0. The molecule has 110 valence electrons. The number of alkyl halides is 3. The van der Waals surface area contributed by atoms with Gasteiger partial charge in [-0.2, -0.15) is 13.2 Å². The largest absolute Gasteiger partial charge is 0.417 e. The third-order valence-corrected chi connectivity index (χ3v) is 3.92. The van der Waals surface area contributed by atoms with Crippen molar-refractivity contribution in [2.45, 2.75) is 19.0 Å². The van der Waals surface area contributed by atoms with Gasteiger partial charge in [0.25, 0.3) is 0 Å². The van der Waals surface area contributed by atoms with E-state index in [2.05, 4.69) is 0 Å². The Labute approximate surface area is 119 Å². The number of anilines is 1. The van der Waals surface area contributed by atoms with Gasteiger partial charge >= 0.3 is 6.18 Å². The Morgan fingerprint density at radius 1 is 1.24 bits per heavy atom. The highest BCUT2D eigenvalue weighted by molar-refractivity contribution is 6.01. The van der Waals surface area contributed by atoms with Crippen LogP contribution in [0, 0.1) is 5.41 Å². The quantitative estimate of drug-likeness (QED) is 0.575. The van der Waals surface area contributed by atoms with Gasteiger partial charge in [-0.3, -0.25) is 5.41 Å². The molecule has 3 rings (SSSR count). The summed E-state index contributed by atoms with van der Waals surface area (Å²) >= 11 is 0. The fourth-order valence-electron chi connectivity index (χ4n) is 3.06. The molecule has 0 fully saturated rings. The average Bonchev–Trinajstić information content (AvgIpc) is 2.75. The first-order chi connectivity index (χ1) is 9.80. The van der Waals surface area contributed by atoms with Crippen molar-refractivity contribution in [2.24, 2.45) is 5.73 Å². The molecule has 0 saturated heterocycles. The number of benzene rings is 2. The van der Waals surface area contributed by atoms with Crippen LogP contribution in [-0.4, -0.2) is 12.5 Å². The van der Waals surface area contributed by atoms with E-state index in [0.717, 1.165) is 17.3 Å². The summed E-state index contributed by atoms with van der Waals surface area (Å²) in [6.07, 6.45) is -4.38. The second-order valence-electron chi connectivity index (χ2n) is 5.29. The van der Waals surface area contributed by atoms with E-state index in [-0.39, 0.29) is 17.3 Å². The van der Waals surface area contributed by atoms with Gasteiger partial charge in [-0.25, -0.2) is 0 Å². The van der Waals surface area contributed by atoms with E-state index in [4.69, 9.17) is 11.1 Å². The van der Waals surface area contributed by atoms with Crippen LogP contribution in [0.2, 0.25) is 0 Å². The summed E-state index contributed by atoms with van der Waals surface area (Å²) in [5.74, 6) is -0.0667. The molecule has 1 heterocycles. The molecule has 0 saturated carbocycles. The van der Waals surface area contributed by atoms with Gasteiger partial charge in [0.15, 0.2) is 5.96 Å².